The molecule has 0 aromatic heterocycles. The van der Waals surface area contributed by atoms with Crippen LogP contribution in [0.1, 0.15) is 39.0 Å². The Hall–Kier alpha value is -1.39. The number of ether oxygens (including phenoxy) is 1. The number of carbonyl (C=O) groups is 1. The Morgan fingerprint density at radius 3 is 2.47 bits per heavy atom. The van der Waals surface area contributed by atoms with Gasteiger partial charge >= 0.3 is 6.09 Å². The molecular weight excluding hydrogens is 476 g/mol. The first kappa shape index (κ1) is 25.7. The number of carbonyl (C=O) groups excluding carboxylic acids is 1. The predicted molar refractivity (Wildman–Crippen MR) is 133 cm³/mol. The number of fused-ring (bicyclic) bond motifs is 2. The van der Waals surface area contributed by atoms with Crippen molar-refractivity contribution in [3.8, 4) is 0 Å². The van der Waals surface area contributed by atoms with E-state index < -0.39 is 16.1 Å². The Morgan fingerprint density at radius 1 is 1.15 bits per heavy atom. The first-order valence-electron chi connectivity index (χ1n) is 12.3. The summed E-state index contributed by atoms with van der Waals surface area (Å²) >= 11 is 5.93. The maximum absolute atomic E-state index is 13.3. The van der Waals surface area contributed by atoms with Crippen molar-refractivity contribution < 1.29 is 17.9 Å². The minimum Gasteiger partial charge on any atom is -0.444 e. The van der Waals surface area contributed by atoms with E-state index in [4.69, 9.17) is 16.3 Å². The van der Waals surface area contributed by atoms with Gasteiger partial charge in [0.15, 0.2) is 0 Å². The van der Waals surface area contributed by atoms with Crippen LogP contribution in [0.4, 0.5) is 4.79 Å². The lowest BCUT2D eigenvalue weighted by atomic mass is 9.98. The topological polar surface area (TPSA) is 73.4 Å². The molecule has 3 aliphatic heterocycles. The summed E-state index contributed by atoms with van der Waals surface area (Å²) in [6.45, 7) is 6.31. The highest BCUT2D eigenvalue weighted by atomic mass is 35.5. The van der Waals surface area contributed by atoms with Gasteiger partial charge in [0.2, 0.25) is 10.0 Å². The minimum absolute atomic E-state index is 0.122. The summed E-state index contributed by atoms with van der Waals surface area (Å²) in [6, 6.07) is 6.33. The lowest BCUT2D eigenvalue weighted by Crippen LogP contribution is -2.52. The Balaban J connectivity index is 1.30. The number of hydrogen-bond donors (Lipinski definition) is 0. The number of halogens is 1. The smallest absolute Gasteiger partial charge is 0.410 e. The van der Waals surface area contributed by atoms with Crippen molar-refractivity contribution >= 4 is 27.7 Å². The van der Waals surface area contributed by atoms with Crippen LogP contribution >= 0.6 is 11.6 Å². The zero-order valence-corrected chi connectivity index (χ0v) is 22.0. The van der Waals surface area contributed by atoms with Crippen molar-refractivity contribution in [2.75, 3.05) is 46.8 Å². The quantitative estimate of drug-likeness (QED) is 0.533. The third-order valence-corrected chi connectivity index (χ3v) is 9.72. The van der Waals surface area contributed by atoms with Crippen molar-refractivity contribution in [2.24, 2.45) is 0 Å². The average Bonchev–Trinajstić information content (AvgIpc) is 3.38. The van der Waals surface area contributed by atoms with E-state index in [1.807, 2.05) is 0 Å². The largest absolute Gasteiger partial charge is 0.444 e. The van der Waals surface area contributed by atoms with Gasteiger partial charge in [0.1, 0.15) is 6.10 Å². The van der Waals surface area contributed by atoms with Crippen LogP contribution in [0.15, 0.2) is 29.2 Å². The fourth-order valence-corrected chi connectivity index (χ4v) is 7.58. The molecule has 3 unspecified atom stereocenters. The molecule has 0 radical (unpaired) electrons. The molecule has 1 amide bonds. The van der Waals surface area contributed by atoms with E-state index in [9.17, 15) is 13.2 Å². The highest BCUT2D eigenvalue weighted by Gasteiger charge is 2.54. The molecule has 3 saturated heterocycles. The lowest BCUT2D eigenvalue weighted by molar-refractivity contribution is 0.0295. The molecule has 4 rings (SSSR count). The summed E-state index contributed by atoms with van der Waals surface area (Å²) in [7, 11) is 0.535. The van der Waals surface area contributed by atoms with Crippen molar-refractivity contribution in [1.29, 1.82) is 0 Å². The number of hydrogen-bond acceptors (Lipinski definition) is 6. The first-order valence-corrected chi connectivity index (χ1v) is 14.1. The molecule has 0 spiro atoms. The van der Waals surface area contributed by atoms with Crippen LogP contribution in [0.5, 0.6) is 0 Å². The highest BCUT2D eigenvalue weighted by molar-refractivity contribution is 7.89. The number of benzene rings is 1. The van der Waals surface area contributed by atoms with Crippen LogP contribution < -0.4 is 0 Å². The number of amides is 1. The van der Waals surface area contributed by atoms with E-state index in [1.54, 1.807) is 21.3 Å². The normalized spacial score (nSPS) is 26.9. The van der Waals surface area contributed by atoms with Crippen LogP contribution in [0.25, 0.3) is 0 Å². The fourth-order valence-electron chi connectivity index (χ4n) is 5.55. The summed E-state index contributed by atoms with van der Waals surface area (Å²) in [5.74, 6) is 0. The van der Waals surface area contributed by atoms with Gasteiger partial charge in [0, 0.05) is 49.7 Å². The Morgan fingerprint density at radius 2 is 1.82 bits per heavy atom. The Labute approximate surface area is 208 Å². The number of nitrogens with zero attached hydrogens (tertiary/aromatic N) is 4. The molecule has 3 aliphatic rings. The van der Waals surface area contributed by atoms with Gasteiger partial charge in [-0.05, 0) is 77.5 Å². The zero-order valence-electron chi connectivity index (χ0n) is 20.4. The average molecular weight is 513 g/mol. The molecular formula is C24H37ClN4O4S. The van der Waals surface area contributed by atoms with Gasteiger partial charge in [0.05, 0.1) is 10.9 Å². The van der Waals surface area contributed by atoms with Crippen LogP contribution in [0.3, 0.4) is 0 Å². The van der Waals surface area contributed by atoms with E-state index in [0.717, 1.165) is 38.9 Å². The molecule has 3 heterocycles. The summed E-state index contributed by atoms with van der Waals surface area (Å²) in [5, 5.41) is 0.498. The monoisotopic (exact) mass is 512 g/mol. The fraction of sp³-hybridized carbons (Fsp3) is 0.708. The molecule has 10 heteroatoms. The molecule has 1 aromatic carbocycles. The van der Waals surface area contributed by atoms with E-state index in [1.165, 1.54) is 12.1 Å². The maximum atomic E-state index is 13.3. The molecule has 8 nitrogen and oxygen atoms in total. The zero-order chi connectivity index (χ0) is 24.5. The lowest BCUT2D eigenvalue weighted by Gasteiger charge is -2.38. The van der Waals surface area contributed by atoms with Gasteiger partial charge in [-0.1, -0.05) is 11.6 Å². The van der Waals surface area contributed by atoms with E-state index >= 15 is 0 Å². The third-order valence-electron chi connectivity index (χ3n) is 7.48. The summed E-state index contributed by atoms with van der Waals surface area (Å²) in [6.07, 6.45) is 3.68. The van der Waals surface area contributed by atoms with E-state index in [-0.39, 0.29) is 23.1 Å². The molecule has 2 bridgehead atoms. The van der Waals surface area contributed by atoms with Gasteiger partial charge in [-0.3, -0.25) is 4.90 Å². The molecule has 3 fully saturated rings. The standard InChI is InChI=1S/C24H37ClN4O4S/c1-18(5-4-12-26(2)3)27-13-15-28(16-14-27)24(30)33-23-17-20-8-11-22(23)29(20)34(31,32)21-9-6-19(25)7-10-21/h6-7,9-10,18,20,22-23H,4-5,8,11-17H2,1-3H3/t18?,20-,22?,23?/m1/s1. The van der Waals surface area contributed by atoms with Crippen molar-refractivity contribution in [1.82, 2.24) is 19.0 Å². The van der Waals surface area contributed by atoms with Crippen LogP contribution in [-0.2, 0) is 14.8 Å². The van der Waals surface area contributed by atoms with E-state index in [2.05, 4.69) is 30.8 Å². The first-order chi connectivity index (χ1) is 16.2. The minimum atomic E-state index is -3.65. The molecule has 0 saturated carbocycles. The third kappa shape index (κ3) is 5.54. The van der Waals surface area contributed by atoms with Gasteiger partial charge in [-0.2, -0.15) is 4.31 Å². The van der Waals surface area contributed by atoms with Gasteiger partial charge in [-0.15, -0.1) is 0 Å². The van der Waals surface area contributed by atoms with Gasteiger partial charge in [0.25, 0.3) is 0 Å². The highest BCUT2D eigenvalue weighted by Crippen LogP contribution is 2.43. The van der Waals surface area contributed by atoms with Crippen molar-refractivity contribution in [2.45, 2.75) is 68.2 Å². The molecule has 4 atom stereocenters. The molecule has 190 valence electrons. The van der Waals surface area contributed by atoms with Gasteiger partial charge < -0.3 is 14.5 Å². The van der Waals surface area contributed by atoms with Crippen LogP contribution in [-0.4, -0.2) is 105 Å². The molecule has 34 heavy (non-hydrogen) atoms. The number of rotatable bonds is 8. The number of piperazine rings is 1. The second-order valence-electron chi connectivity index (χ2n) is 10.1. The Kier molecular flexibility index (Phi) is 8.09. The van der Waals surface area contributed by atoms with Crippen molar-refractivity contribution in [3.05, 3.63) is 29.3 Å². The molecule has 0 aliphatic carbocycles. The maximum Gasteiger partial charge on any atom is 0.410 e. The summed E-state index contributed by atoms with van der Waals surface area (Å²) < 4.78 is 34.0. The summed E-state index contributed by atoms with van der Waals surface area (Å²) in [5.41, 5.74) is 0. The second kappa shape index (κ2) is 10.7. The van der Waals surface area contributed by atoms with Crippen LogP contribution in [0.2, 0.25) is 5.02 Å². The summed E-state index contributed by atoms with van der Waals surface area (Å²) in [4.78, 5) is 19.6. The van der Waals surface area contributed by atoms with Crippen LogP contribution in [0, 0.1) is 0 Å². The number of sulfonamides is 1. The van der Waals surface area contributed by atoms with Crippen molar-refractivity contribution in [3.63, 3.8) is 0 Å². The second-order valence-corrected chi connectivity index (χ2v) is 12.3. The SMILES string of the molecule is CC(CCCN(C)C)N1CCN(C(=O)OC2C[C@H]3CCC2N3S(=O)(=O)c2ccc(Cl)cc2)CC1. The Bertz CT molecular complexity index is 950. The molecule has 1 aromatic rings. The van der Waals surface area contributed by atoms with E-state index in [0.29, 0.717) is 37.0 Å². The van der Waals surface area contributed by atoms with Gasteiger partial charge in [-0.25, -0.2) is 13.2 Å². The molecule has 0 N–H and O–H groups in total. The predicted octanol–water partition coefficient (Wildman–Crippen LogP) is 3.12.